The van der Waals surface area contributed by atoms with Crippen molar-refractivity contribution in [3.63, 3.8) is 0 Å². The summed E-state index contributed by atoms with van der Waals surface area (Å²) in [7, 11) is -2.27. The van der Waals surface area contributed by atoms with E-state index < -0.39 is 16.0 Å². The molecular formula is C13H19ClN2O4S. The van der Waals surface area contributed by atoms with Gasteiger partial charge in [0, 0.05) is 12.6 Å². The first-order chi connectivity index (χ1) is 9.53. The highest BCUT2D eigenvalue weighted by molar-refractivity contribution is 7.89. The summed E-state index contributed by atoms with van der Waals surface area (Å²) in [5, 5.41) is 3.15. The molecule has 2 N–H and O–H groups in total. The van der Waals surface area contributed by atoms with E-state index in [2.05, 4.69) is 14.8 Å². The number of esters is 1. The minimum atomic E-state index is -3.55. The average molecular weight is 335 g/mol. The van der Waals surface area contributed by atoms with Crippen molar-refractivity contribution < 1.29 is 17.9 Å². The first-order valence-electron chi connectivity index (χ1n) is 6.44. The van der Waals surface area contributed by atoms with Crippen LogP contribution in [-0.4, -0.2) is 40.6 Å². The molecule has 1 aromatic rings. The van der Waals surface area contributed by atoms with Gasteiger partial charge in [0.1, 0.15) is 0 Å². The molecule has 0 saturated carbocycles. The molecule has 1 aromatic carbocycles. The van der Waals surface area contributed by atoms with Gasteiger partial charge in [-0.05, 0) is 43.7 Å². The molecule has 2 rings (SSSR count). The standard InChI is InChI=1S/C13H18N2O4S.ClH/c1-19-13(16)10-4-6-12(7-5-10)20(17,18)15-11-3-2-8-14-9-11;/h4-7,11,14-15H,2-3,8-9H2,1H3;1H/t11-;/m1./s1. The summed E-state index contributed by atoms with van der Waals surface area (Å²) in [5.41, 5.74) is 0.325. The predicted molar refractivity (Wildman–Crippen MR) is 81.2 cm³/mol. The second-order valence-corrected chi connectivity index (χ2v) is 6.39. The summed E-state index contributed by atoms with van der Waals surface area (Å²) in [5.74, 6) is -0.488. The molecule has 0 aliphatic carbocycles. The first kappa shape index (κ1) is 17.9. The zero-order valence-electron chi connectivity index (χ0n) is 11.7. The number of benzene rings is 1. The van der Waals surface area contributed by atoms with E-state index in [1.165, 1.54) is 31.4 Å². The Morgan fingerprint density at radius 2 is 2.00 bits per heavy atom. The molecular weight excluding hydrogens is 316 g/mol. The Hall–Kier alpha value is -1.15. The van der Waals surface area contributed by atoms with Gasteiger partial charge in [-0.15, -0.1) is 12.4 Å². The fourth-order valence-electron chi connectivity index (χ4n) is 2.13. The number of carbonyl (C=O) groups is 1. The molecule has 1 saturated heterocycles. The second-order valence-electron chi connectivity index (χ2n) is 4.68. The number of rotatable bonds is 4. The minimum absolute atomic E-state index is 0. The van der Waals surface area contributed by atoms with E-state index in [0.717, 1.165) is 19.4 Å². The van der Waals surface area contributed by atoms with Crippen molar-refractivity contribution in [2.75, 3.05) is 20.2 Å². The molecule has 0 spiro atoms. The van der Waals surface area contributed by atoms with Crippen molar-refractivity contribution in [3.8, 4) is 0 Å². The molecule has 0 radical (unpaired) electrons. The summed E-state index contributed by atoms with van der Waals surface area (Å²) in [6.07, 6.45) is 1.78. The van der Waals surface area contributed by atoms with E-state index in [0.29, 0.717) is 12.1 Å². The Kier molecular flexibility index (Phi) is 6.60. The average Bonchev–Trinajstić information content (AvgIpc) is 2.47. The highest BCUT2D eigenvalue weighted by Gasteiger charge is 2.21. The molecule has 1 aliphatic heterocycles. The molecule has 1 atom stereocenters. The van der Waals surface area contributed by atoms with Crippen molar-refractivity contribution in [1.82, 2.24) is 10.0 Å². The van der Waals surface area contributed by atoms with Gasteiger partial charge >= 0.3 is 5.97 Å². The second kappa shape index (κ2) is 7.74. The van der Waals surface area contributed by atoms with Gasteiger partial charge < -0.3 is 10.1 Å². The fraction of sp³-hybridized carbons (Fsp3) is 0.462. The van der Waals surface area contributed by atoms with Crippen LogP contribution in [0.1, 0.15) is 23.2 Å². The molecule has 1 aliphatic rings. The third-order valence-corrected chi connectivity index (χ3v) is 4.74. The van der Waals surface area contributed by atoms with Gasteiger partial charge in [-0.25, -0.2) is 17.9 Å². The molecule has 1 fully saturated rings. The molecule has 21 heavy (non-hydrogen) atoms. The summed E-state index contributed by atoms with van der Waals surface area (Å²) in [6, 6.07) is 5.61. The Labute approximate surface area is 130 Å². The number of hydrogen-bond donors (Lipinski definition) is 2. The smallest absolute Gasteiger partial charge is 0.337 e. The molecule has 6 nitrogen and oxygen atoms in total. The van der Waals surface area contributed by atoms with Crippen LogP contribution in [0, 0.1) is 0 Å². The van der Waals surface area contributed by atoms with E-state index in [-0.39, 0.29) is 23.3 Å². The summed E-state index contributed by atoms with van der Waals surface area (Å²) >= 11 is 0. The van der Waals surface area contributed by atoms with Crippen molar-refractivity contribution in [1.29, 1.82) is 0 Å². The van der Waals surface area contributed by atoms with Crippen LogP contribution in [0.3, 0.4) is 0 Å². The van der Waals surface area contributed by atoms with E-state index in [9.17, 15) is 13.2 Å². The van der Waals surface area contributed by atoms with Crippen LogP contribution in [0.2, 0.25) is 0 Å². The van der Waals surface area contributed by atoms with Crippen molar-refractivity contribution >= 4 is 28.4 Å². The molecule has 118 valence electrons. The number of hydrogen-bond acceptors (Lipinski definition) is 5. The fourth-order valence-corrected chi connectivity index (χ4v) is 3.40. The Morgan fingerprint density at radius 1 is 1.33 bits per heavy atom. The molecule has 8 heteroatoms. The van der Waals surface area contributed by atoms with E-state index in [4.69, 9.17) is 0 Å². The lowest BCUT2D eigenvalue weighted by Crippen LogP contribution is -2.45. The maximum atomic E-state index is 12.2. The molecule has 1 heterocycles. The lowest BCUT2D eigenvalue weighted by Gasteiger charge is -2.23. The zero-order valence-corrected chi connectivity index (χ0v) is 13.3. The number of piperidine rings is 1. The Balaban J connectivity index is 0.00000220. The predicted octanol–water partition coefficient (Wildman–Crippen LogP) is 0.925. The van der Waals surface area contributed by atoms with Gasteiger partial charge in [-0.2, -0.15) is 0 Å². The van der Waals surface area contributed by atoms with Gasteiger partial charge in [-0.1, -0.05) is 0 Å². The maximum Gasteiger partial charge on any atom is 0.337 e. The SMILES string of the molecule is COC(=O)c1ccc(S(=O)(=O)N[C@@H]2CCCNC2)cc1.Cl. The van der Waals surface area contributed by atoms with Crippen LogP contribution in [0.5, 0.6) is 0 Å². The Bertz CT molecular complexity index is 568. The lowest BCUT2D eigenvalue weighted by molar-refractivity contribution is 0.0600. The highest BCUT2D eigenvalue weighted by atomic mass is 35.5. The zero-order chi connectivity index (χ0) is 14.6. The van der Waals surface area contributed by atoms with E-state index >= 15 is 0 Å². The van der Waals surface area contributed by atoms with Gasteiger partial charge in [-0.3, -0.25) is 0 Å². The van der Waals surface area contributed by atoms with Crippen LogP contribution in [0.15, 0.2) is 29.2 Å². The van der Waals surface area contributed by atoms with Crippen LogP contribution < -0.4 is 10.0 Å². The van der Waals surface area contributed by atoms with Crippen LogP contribution in [-0.2, 0) is 14.8 Å². The monoisotopic (exact) mass is 334 g/mol. The summed E-state index contributed by atoms with van der Waals surface area (Å²) < 4.78 is 31.6. The molecule has 0 bridgehead atoms. The van der Waals surface area contributed by atoms with Crippen molar-refractivity contribution in [2.45, 2.75) is 23.8 Å². The number of ether oxygens (including phenoxy) is 1. The summed E-state index contributed by atoms with van der Waals surface area (Å²) in [6.45, 7) is 1.56. The van der Waals surface area contributed by atoms with Crippen LogP contribution >= 0.6 is 12.4 Å². The minimum Gasteiger partial charge on any atom is -0.465 e. The molecule has 0 aromatic heterocycles. The van der Waals surface area contributed by atoms with Gasteiger partial charge in [0.2, 0.25) is 10.0 Å². The maximum absolute atomic E-state index is 12.2. The topological polar surface area (TPSA) is 84.5 Å². The number of halogens is 1. The third-order valence-electron chi connectivity index (χ3n) is 3.20. The highest BCUT2D eigenvalue weighted by Crippen LogP contribution is 2.13. The van der Waals surface area contributed by atoms with Gasteiger partial charge in [0.15, 0.2) is 0 Å². The molecule has 0 unspecified atom stereocenters. The lowest BCUT2D eigenvalue weighted by atomic mass is 10.1. The van der Waals surface area contributed by atoms with E-state index in [1.54, 1.807) is 0 Å². The number of sulfonamides is 1. The first-order valence-corrected chi connectivity index (χ1v) is 7.92. The number of carbonyl (C=O) groups excluding carboxylic acids is 1. The molecule has 0 amide bonds. The van der Waals surface area contributed by atoms with Crippen molar-refractivity contribution in [2.24, 2.45) is 0 Å². The number of methoxy groups -OCH3 is 1. The van der Waals surface area contributed by atoms with Crippen molar-refractivity contribution in [3.05, 3.63) is 29.8 Å². The van der Waals surface area contributed by atoms with Gasteiger partial charge in [0.25, 0.3) is 0 Å². The third kappa shape index (κ3) is 4.67. The normalized spacial score (nSPS) is 18.6. The van der Waals surface area contributed by atoms with Crippen LogP contribution in [0.25, 0.3) is 0 Å². The van der Waals surface area contributed by atoms with Crippen LogP contribution in [0.4, 0.5) is 0 Å². The largest absolute Gasteiger partial charge is 0.465 e. The van der Waals surface area contributed by atoms with Gasteiger partial charge in [0.05, 0.1) is 17.6 Å². The summed E-state index contributed by atoms with van der Waals surface area (Å²) in [4.78, 5) is 11.4. The Morgan fingerprint density at radius 3 is 2.52 bits per heavy atom. The number of nitrogens with one attached hydrogen (secondary N) is 2. The van der Waals surface area contributed by atoms with E-state index in [1.807, 2.05) is 0 Å². The quantitative estimate of drug-likeness (QED) is 0.800.